The van der Waals surface area contributed by atoms with Gasteiger partial charge in [-0.15, -0.1) is 0 Å². The van der Waals surface area contributed by atoms with E-state index in [9.17, 15) is 18.4 Å². The molecule has 10 heteroatoms. The monoisotopic (exact) mass is 498 g/mol. The minimum Gasteiger partial charge on any atom is -0.472 e. The SMILES string of the molecule is CC(=O)N1CCC(Nc2nc(OCc3ccc(F)cc3F)c(Br)c(=O)n2C(C)C)CC1. The van der Waals surface area contributed by atoms with Crippen molar-refractivity contribution in [1.82, 2.24) is 14.5 Å². The van der Waals surface area contributed by atoms with E-state index in [0.717, 1.165) is 25.0 Å². The van der Waals surface area contributed by atoms with Gasteiger partial charge in [0.2, 0.25) is 17.7 Å². The van der Waals surface area contributed by atoms with Crippen LogP contribution in [0.3, 0.4) is 0 Å². The van der Waals surface area contributed by atoms with Crippen LogP contribution in [0.25, 0.3) is 0 Å². The fourth-order valence-corrected chi connectivity index (χ4v) is 3.87. The number of likely N-dealkylation sites (tertiary alicyclic amines) is 1. The first kappa shape index (κ1) is 23.2. The predicted molar refractivity (Wildman–Crippen MR) is 116 cm³/mol. The van der Waals surface area contributed by atoms with Crippen LogP contribution in [0.2, 0.25) is 0 Å². The summed E-state index contributed by atoms with van der Waals surface area (Å²) in [5, 5.41) is 3.31. The molecule has 2 heterocycles. The maximum absolute atomic E-state index is 13.9. The van der Waals surface area contributed by atoms with Gasteiger partial charge in [0.1, 0.15) is 22.7 Å². The van der Waals surface area contributed by atoms with Crippen LogP contribution in [0.15, 0.2) is 27.5 Å². The van der Waals surface area contributed by atoms with Gasteiger partial charge in [-0.3, -0.25) is 14.2 Å². The molecule has 1 N–H and O–H groups in total. The van der Waals surface area contributed by atoms with Gasteiger partial charge in [0.25, 0.3) is 5.56 Å². The second-order valence-electron chi connectivity index (χ2n) is 7.77. The zero-order valence-electron chi connectivity index (χ0n) is 17.6. The van der Waals surface area contributed by atoms with Crippen LogP contribution in [-0.4, -0.2) is 39.5 Å². The molecule has 168 valence electrons. The van der Waals surface area contributed by atoms with Crippen LogP contribution in [0.4, 0.5) is 14.7 Å². The van der Waals surface area contributed by atoms with Gasteiger partial charge < -0.3 is 15.0 Å². The van der Waals surface area contributed by atoms with Gasteiger partial charge in [0.15, 0.2) is 0 Å². The number of ether oxygens (including phenoxy) is 1. The van der Waals surface area contributed by atoms with E-state index in [1.54, 1.807) is 11.8 Å². The Hall–Kier alpha value is -2.49. The number of hydrogen-bond acceptors (Lipinski definition) is 5. The number of piperidine rings is 1. The molecule has 1 fully saturated rings. The van der Waals surface area contributed by atoms with E-state index in [4.69, 9.17) is 4.74 Å². The molecule has 2 aromatic rings. The number of amides is 1. The smallest absolute Gasteiger partial charge is 0.273 e. The summed E-state index contributed by atoms with van der Waals surface area (Å²) in [6, 6.07) is 3.08. The van der Waals surface area contributed by atoms with E-state index < -0.39 is 11.6 Å². The zero-order chi connectivity index (χ0) is 22.7. The summed E-state index contributed by atoms with van der Waals surface area (Å²) in [6.45, 7) is 6.33. The maximum Gasteiger partial charge on any atom is 0.273 e. The number of rotatable bonds is 6. The standard InChI is InChI=1S/C21H25BrF2N4O3/c1-12(2)28-20(30)18(22)19(31-11-14-4-5-15(23)10-17(14)24)26-21(28)25-16-6-8-27(9-7-16)13(3)29/h4-5,10,12,16H,6-9,11H2,1-3H3,(H,25,26). The average molecular weight is 499 g/mol. The van der Waals surface area contributed by atoms with E-state index in [0.29, 0.717) is 19.0 Å². The lowest BCUT2D eigenvalue weighted by Crippen LogP contribution is -2.42. The summed E-state index contributed by atoms with van der Waals surface area (Å²) in [4.78, 5) is 30.7. The van der Waals surface area contributed by atoms with Crippen molar-refractivity contribution >= 4 is 27.8 Å². The number of halogens is 3. The van der Waals surface area contributed by atoms with Crippen molar-refractivity contribution < 1.29 is 18.3 Å². The third-order valence-corrected chi connectivity index (χ3v) is 5.88. The first-order valence-corrected chi connectivity index (χ1v) is 10.9. The highest BCUT2D eigenvalue weighted by molar-refractivity contribution is 9.10. The van der Waals surface area contributed by atoms with E-state index >= 15 is 0 Å². The topological polar surface area (TPSA) is 76.5 Å². The molecule has 0 spiro atoms. The summed E-state index contributed by atoms with van der Waals surface area (Å²) >= 11 is 3.24. The number of nitrogens with one attached hydrogen (secondary N) is 1. The highest BCUT2D eigenvalue weighted by atomic mass is 79.9. The second kappa shape index (κ2) is 9.76. The first-order chi connectivity index (χ1) is 14.7. The van der Waals surface area contributed by atoms with E-state index in [1.807, 2.05) is 13.8 Å². The van der Waals surface area contributed by atoms with Gasteiger partial charge in [-0.05, 0) is 54.8 Å². The van der Waals surface area contributed by atoms with E-state index in [-0.39, 0.29) is 46.1 Å². The van der Waals surface area contributed by atoms with Gasteiger partial charge in [-0.2, -0.15) is 4.98 Å². The van der Waals surface area contributed by atoms with Crippen molar-refractivity contribution in [1.29, 1.82) is 0 Å². The molecule has 1 amide bonds. The number of nitrogens with zero attached hydrogens (tertiary/aromatic N) is 3. The van der Waals surface area contributed by atoms with Crippen LogP contribution in [0.5, 0.6) is 5.88 Å². The molecule has 0 aliphatic carbocycles. The molecule has 0 radical (unpaired) electrons. The van der Waals surface area contributed by atoms with E-state index in [2.05, 4.69) is 26.2 Å². The van der Waals surface area contributed by atoms with Crippen molar-refractivity contribution in [3.05, 3.63) is 50.2 Å². The molecule has 1 saturated heterocycles. The Morgan fingerprint density at radius 2 is 2.00 bits per heavy atom. The minimum atomic E-state index is -0.734. The predicted octanol–water partition coefficient (Wildman–Crippen LogP) is 3.87. The van der Waals surface area contributed by atoms with Crippen LogP contribution in [0.1, 0.15) is 45.2 Å². The molecule has 0 saturated carbocycles. The molecule has 7 nitrogen and oxygen atoms in total. The molecule has 0 unspecified atom stereocenters. The Morgan fingerprint density at radius 1 is 1.32 bits per heavy atom. The number of anilines is 1. The van der Waals surface area contributed by atoms with Gasteiger partial charge in [0, 0.05) is 43.7 Å². The van der Waals surface area contributed by atoms with Gasteiger partial charge >= 0.3 is 0 Å². The molecule has 0 bridgehead atoms. The number of aromatic nitrogens is 2. The van der Waals surface area contributed by atoms with Crippen LogP contribution >= 0.6 is 15.9 Å². The van der Waals surface area contributed by atoms with Crippen molar-refractivity contribution in [3.8, 4) is 5.88 Å². The molecule has 3 rings (SSSR count). The van der Waals surface area contributed by atoms with E-state index in [1.165, 1.54) is 10.6 Å². The van der Waals surface area contributed by atoms with Gasteiger partial charge in [-0.25, -0.2) is 8.78 Å². The number of carbonyl (C=O) groups is 1. The molecular weight excluding hydrogens is 474 g/mol. The van der Waals surface area contributed by atoms with Crippen molar-refractivity contribution in [2.45, 2.75) is 52.3 Å². The fourth-order valence-electron chi connectivity index (χ4n) is 3.48. The zero-order valence-corrected chi connectivity index (χ0v) is 19.2. The molecule has 1 aliphatic rings. The summed E-state index contributed by atoms with van der Waals surface area (Å²) in [7, 11) is 0. The minimum absolute atomic E-state index is 0.0225. The lowest BCUT2D eigenvalue weighted by Gasteiger charge is -2.32. The van der Waals surface area contributed by atoms with Crippen LogP contribution < -0.4 is 15.6 Å². The Balaban J connectivity index is 1.83. The summed E-state index contributed by atoms with van der Waals surface area (Å²) in [5.74, 6) is -0.999. The molecule has 1 aromatic carbocycles. The lowest BCUT2D eigenvalue weighted by molar-refractivity contribution is -0.129. The Morgan fingerprint density at radius 3 is 2.58 bits per heavy atom. The Bertz CT molecular complexity index is 1020. The number of hydrogen-bond donors (Lipinski definition) is 1. The highest BCUT2D eigenvalue weighted by Gasteiger charge is 2.24. The molecule has 31 heavy (non-hydrogen) atoms. The molecular formula is C21H25BrF2N4O3. The van der Waals surface area contributed by atoms with Crippen LogP contribution in [-0.2, 0) is 11.4 Å². The number of carbonyl (C=O) groups excluding carboxylic acids is 1. The Kier molecular flexibility index (Phi) is 7.30. The highest BCUT2D eigenvalue weighted by Crippen LogP contribution is 2.25. The number of benzene rings is 1. The Labute approximate surface area is 187 Å². The quantitative estimate of drug-likeness (QED) is 0.654. The van der Waals surface area contributed by atoms with Crippen molar-refractivity contribution in [2.24, 2.45) is 0 Å². The maximum atomic E-state index is 13.9. The summed E-state index contributed by atoms with van der Waals surface area (Å²) in [6.07, 6.45) is 1.45. The third kappa shape index (κ3) is 5.41. The summed E-state index contributed by atoms with van der Waals surface area (Å²) in [5.41, 5.74) is -0.183. The molecule has 1 aliphatic heterocycles. The largest absolute Gasteiger partial charge is 0.472 e. The van der Waals surface area contributed by atoms with Gasteiger partial charge in [-0.1, -0.05) is 0 Å². The van der Waals surface area contributed by atoms with Crippen molar-refractivity contribution in [3.63, 3.8) is 0 Å². The second-order valence-corrected chi connectivity index (χ2v) is 8.57. The van der Waals surface area contributed by atoms with Crippen LogP contribution in [0, 0.1) is 11.6 Å². The van der Waals surface area contributed by atoms with Gasteiger partial charge in [0.05, 0.1) is 0 Å². The summed E-state index contributed by atoms with van der Waals surface area (Å²) < 4.78 is 34.3. The normalized spacial score (nSPS) is 14.7. The molecule has 1 aromatic heterocycles. The third-order valence-electron chi connectivity index (χ3n) is 5.20. The first-order valence-electron chi connectivity index (χ1n) is 10.1. The lowest BCUT2D eigenvalue weighted by atomic mass is 10.1. The average Bonchev–Trinajstić information content (AvgIpc) is 2.70. The van der Waals surface area contributed by atoms with Crippen molar-refractivity contribution in [2.75, 3.05) is 18.4 Å². The fraction of sp³-hybridized carbons (Fsp3) is 0.476. The molecule has 0 atom stereocenters.